The number of aromatic nitrogens is 2. The lowest BCUT2D eigenvalue weighted by molar-refractivity contribution is -0.135. The first-order chi connectivity index (χ1) is 28.7. The van der Waals surface area contributed by atoms with Gasteiger partial charge in [-0.1, -0.05) is 49.3 Å². The van der Waals surface area contributed by atoms with Crippen LogP contribution in [0.1, 0.15) is 25.3 Å². The Morgan fingerprint density at radius 3 is 2.13 bits per heavy atom. The Morgan fingerprint density at radius 1 is 0.850 bits per heavy atom. The van der Waals surface area contributed by atoms with E-state index in [1.54, 1.807) is 15.9 Å². The molecule has 0 unspecified atom stereocenters. The fraction of sp³-hybridized carbons (Fsp3) is 0.372. The zero-order chi connectivity index (χ0) is 42.9. The van der Waals surface area contributed by atoms with Gasteiger partial charge in [-0.25, -0.2) is 18.7 Å². The first kappa shape index (κ1) is 42.6. The van der Waals surface area contributed by atoms with Gasteiger partial charge in [-0.2, -0.15) is 0 Å². The van der Waals surface area contributed by atoms with Crippen LogP contribution in [0.25, 0.3) is 22.0 Å². The van der Waals surface area contributed by atoms with E-state index in [-0.39, 0.29) is 57.1 Å². The normalized spacial score (nSPS) is 17.7. The number of phenolic OH excluding ortho intramolecular Hbond substituents is 2. The van der Waals surface area contributed by atoms with Crippen LogP contribution in [-0.2, 0) is 19.8 Å². The van der Waals surface area contributed by atoms with Gasteiger partial charge >= 0.3 is 0 Å². The van der Waals surface area contributed by atoms with Crippen molar-refractivity contribution in [2.24, 2.45) is 0 Å². The first-order valence-corrected chi connectivity index (χ1v) is 20.5. The molecular formula is C43H46Cl2F2N8O5. The summed E-state index contributed by atoms with van der Waals surface area (Å²) in [7, 11) is 0. The number of fused-ring (bicyclic) bond motifs is 1. The highest BCUT2D eigenvalue weighted by atomic mass is 35.5. The van der Waals surface area contributed by atoms with E-state index in [2.05, 4.69) is 40.3 Å². The molecule has 1 aliphatic carbocycles. The van der Waals surface area contributed by atoms with E-state index in [9.17, 15) is 29.0 Å². The van der Waals surface area contributed by atoms with Crippen molar-refractivity contribution >= 4 is 63.3 Å². The van der Waals surface area contributed by atoms with Crippen LogP contribution in [0.3, 0.4) is 0 Å². The van der Waals surface area contributed by atoms with E-state index in [0.717, 1.165) is 50.7 Å². The summed E-state index contributed by atoms with van der Waals surface area (Å²) < 4.78 is 29.7. The SMILES string of the molecule is C=CC(=O)N1CC(N2CCN(C(=O)CNc3cc(C4(C)CC4)c(Cl)cc3O)CC2)C1.C=CC(=O)N1CCN(c2ncnc3c(F)c(-c4c(O)cccc4F)c(Cl)cc23)CC1. The molecule has 3 aromatic carbocycles. The van der Waals surface area contributed by atoms with Crippen LogP contribution < -0.4 is 10.2 Å². The molecule has 0 spiro atoms. The predicted octanol–water partition coefficient (Wildman–Crippen LogP) is 5.82. The third-order valence-corrected chi connectivity index (χ3v) is 12.4. The molecule has 3 aliphatic heterocycles. The summed E-state index contributed by atoms with van der Waals surface area (Å²) in [4.78, 5) is 53.9. The average molecular weight is 864 g/mol. The minimum Gasteiger partial charge on any atom is -0.507 e. The zero-order valence-electron chi connectivity index (χ0n) is 33.1. The standard InChI is InChI=1S/C22H29ClN4O3.C21H17ClF2N4O2/c1-3-20(29)27-13-15(14-27)25-6-8-26(9-7-25)21(30)12-24-18-10-16(22(2)4-5-22)17(23)11-19(18)28;1-2-16(30)27-6-8-28(9-7-27)21-12-10-13(22)17(19(24)20(12)25-11-26-21)18-14(23)4-3-5-15(18)29/h3,10-11,15,24,28H,1,4-9,12-14H2,2H3;2-5,10-11,29H,1,6-9H2. The Balaban J connectivity index is 0.000000181. The summed E-state index contributed by atoms with van der Waals surface area (Å²) in [5.74, 6) is -1.69. The van der Waals surface area contributed by atoms with Gasteiger partial charge in [0.25, 0.3) is 0 Å². The number of amides is 3. The zero-order valence-corrected chi connectivity index (χ0v) is 34.7. The molecule has 0 bridgehead atoms. The first-order valence-electron chi connectivity index (χ1n) is 19.7. The Labute approximate surface area is 356 Å². The number of halogens is 4. The molecule has 4 aromatic rings. The number of benzene rings is 3. The molecule has 0 atom stereocenters. The van der Waals surface area contributed by atoms with Crippen LogP contribution in [0.15, 0.2) is 68.0 Å². The molecule has 3 amide bonds. The molecule has 8 rings (SSSR count). The Hall–Kier alpha value is -5.51. The lowest BCUT2D eigenvalue weighted by Gasteiger charge is -2.47. The summed E-state index contributed by atoms with van der Waals surface area (Å²) in [6, 6.07) is 8.97. The largest absolute Gasteiger partial charge is 0.507 e. The number of piperazine rings is 2. The van der Waals surface area contributed by atoms with Gasteiger partial charge in [-0.05, 0) is 60.2 Å². The summed E-state index contributed by atoms with van der Waals surface area (Å²) in [5, 5.41) is 24.2. The van der Waals surface area contributed by atoms with Gasteiger partial charge in [0.05, 0.1) is 22.8 Å². The number of hydrogen-bond donors (Lipinski definition) is 3. The molecule has 3 N–H and O–H groups in total. The van der Waals surface area contributed by atoms with Crippen molar-refractivity contribution in [3.05, 3.63) is 95.3 Å². The minimum absolute atomic E-state index is 0.0141. The number of nitrogens with one attached hydrogen (secondary N) is 1. The van der Waals surface area contributed by atoms with Crippen molar-refractivity contribution in [2.75, 3.05) is 82.2 Å². The van der Waals surface area contributed by atoms with E-state index in [1.165, 1.54) is 36.7 Å². The fourth-order valence-electron chi connectivity index (χ4n) is 7.86. The smallest absolute Gasteiger partial charge is 0.246 e. The molecule has 60 heavy (non-hydrogen) atoms. The highest BCUT2D eigenvalue weighted by Crippen LogP contribution is 2.51. The molecule has 0 radical (unpaired) electrons. The molecule has 1 saturated carbocycles. The van der Waals surface area contributed by atoms with Crippen LogP contribution in [0.2, 0.25) is 10.0 Å². The number of hydrogen-bond acceptors (Lipinski definition) is 10. The molecule has 4 heterocycles. The van der Waals surface area contributed by atoms with Crippen LogP contribution in [0.4, 0.5) is 20.3 Å². The number of carbonyl (C=O) groups is 3. The number of carbonyl (C=O) groups excluding carboxylic acids is 3. The lowest BCUT2D eigenvalue weighted by Crippen LogP contribution is -2.64. The number of likely N-dealkylation sites (tertiary alicyclic amines) is 1. The number of rotatable bonds is 9. The van der Waals surface area contributed by atoms with Crippen molar-refractivity contribution in [1.82, 2.24) is 29.6 Å². The van der Waals surface area contributed by atoms with Gasteiger partial charge < -0.3 is 35.1 Å². The topological polar surface area (TPSA) is 146 Å². The molecule has 17 heteroatoms. The van der Waals surface area contributed by atoms with Crippen molar-refractivity contribution < 1.29 is 33.4 Å². The Morgan fingerprint density at radius 2 is 1.50 bits per heavy atom. The second-order valence-corrected chi connectivity index (χ2v) is 16.4. The summed E-state index contributed by atoms with van der Waals surface area (Å²) in [6.45, 7) is 15.6. The van der Waals surface area contributed by atoms with E-state index in [1.807, 2.05) is 15.9 Å². The monoisotopic (exact) mass is 862 g/mol. The van der Waals surface area contributed by atoms with Crippen molar-refractivity contribution in [2.45, 2.75) is 31.2 Å². The molecule has 1 aromatic heterocycles. The number of nitrogens with zero attached hydrogens (tertiary/aromatic N) is 7. The Kier molecular flexibility index (Phi) is 12.5. The maximum absolute atomic E-state index is 15.4. The minimum atomic E-state index is -0.845. The van der Waals surface area contributed by atoms with Gasteiger partial charge in [0.1, 0.15) is 35.0 Å². The fourth-order valence-corrected chi connectivity index (χ4v) is 8.54. The molecule has 3 saturated heterocycles. The highest BCUT2D eigenvalue weighted by molar-refractivity contribution is 6.34. The molecular weight excluding hydrogens is 817 g/mol. The average Bonchev–Trinajstić information content (AvgIpc) is 3.98. The van der Waals surface area contributed by atoms with Crippen LogP contribution >= 0.6 is 23.2 Å². The number of phenols is 2. The lowest BCUT2D eigenvalue weighted by atomic mass is 9.97. The summed E-state index contributed by atoms with van der Waals surface area (Å²) in [6.07, 6.45) is 6.01. The van der Waals surface area contributed by atoms with Gasteiger partial charge in [-0.15, -0.1) is 0 Å². The van der Waals surface area contributed by atoms with Crippen molar-refractivity contribution in [1.29, 1.82) is 0 Å². The van der Waals surface area contributed by atoms with Crippen molar-refractivity contribution in [3.8, 4) is 22.6 Å². The van der Waals surface area contributed by atoms with Crippen LogP contribution in [-0.4, -0.2) is 136 Å². The van der Waals surface area contributed by atoms with Crippen LogP contribution in [0.5, 0.6) is 11.5 Å². The van der Waals surface area contributed by atoms with Gasteiger partial charge in [0.15, 0.2) is 5.82 Å². The second-order valence-electron chi connectivity index (χ2n) is 15.6. The number of anilines is 2. The van der Waals surface area contributed by atoms with Crippen molar-refractivity contribution in [3.63, 3.8) is 0 Å². The highest BCUT2D eigenvalue weighted by Gasteiger charge is 2.41. The predicted molar refractivity (Wildman–Crippen MR) is 227 cm³/mol. The van der Waals surface area contributed by atoms with E-state index >= 15 is 4.39 Å². The summed E-state index contributed by atoms with van der Waals surface area (Å²) >= 11 is 12.6. The van der Waals surface area contributed by atoms with Crippen LogP contribution in [0, 0.1) is 11.6 Å². The van der Waals surface area contributed by atoms with Gasteiger partial charge in [-0.3, -0.25) is 19.3 Å². The third kappa shape index (κ3) is 8.70. The maximum Gasteiger partial charge on any atom is 0.246 e. The van der Waals surface area contributed by atoms with E-state index in [0.29, 0.717) is 67.2 Å². The summed E-state index contributed by atoms with van der Waals surface area (Å²) in [5.41, 5.74) is 1.04. The molecule has 4 aliphatic rings. The van der Waals surface area contributed by atoms with Gasteiger partial charge in [0, 0.05) is 93.5 Å². The maximum atomic E-state index is 15.4. The molecule has 4 fully saturated rings. The van der Waals surface area contributed by atoms with E-state index in [4.69, 9.17) is 23.2 Å². The molecule has 13 nitrogen and oxygen atoms in total. The quantitative estimate of drug-likeness (QED) is 0.139. The second kappa shape index (κ2) is 17.6. The Bertz CT molecular complexity index is 2320. The van der Waals surface area contributed by atoms with E-state index < -0.39 is 17.4 Å². The van der Waals surface area contributed by atoms with Gasteiger partial charge in [0.2, 0.25) is 17.7 Å². The molecule has 316 valence electrons. The number of aromatic hydroxyl groups is 2. The third-order valence-electron chi connectivity index (χ3n) is 11.8.